The standard InChI is InChI=1S/C6H10N2/c1-5-3-4-7-8-6(5)2/h3-4,6,8H,1-2H3. The second kappa shape index (κ2) is 1.99. The van der Waals surface area contributed by atoms with Crippen LogP contribution in [-0.2, 0) is 0 Å². The summed E-state index contributed by atoms with van der Waals surface area (Å²) in [7, 11) is 0. The molecule has 0 radical (unpaired) electrons. The minimum absolute atomic E-state index is 0.417. The Balaban J connectivity index is 2.66. The lowest BCUT2D eigenvalue weighted by molar-refractivity contribution is 0.637. The van der Waals surface area contributed by atoms with E-state index in [0.29, 0.717) is 6.04 Å². The second-order valence-electron chi connectivity index (χ2n) is 2.04. The van der Waals surface area contributed by atoms with E-state index in [-0.39, 0.29) is 0 Å². The summed E-state index contributed by atoms with van der Waals surface area (Å²) in [5, 5.41) is 3.86. The first-order valence-corrected chi connectivity index (χ1v) is 2.76. The van der Waals surface area contributed by atoms with Gasteiger partial charge in [-0.05, 0) is 25.5 Å². The molecule has 0 aromatic carbocycles. The Morgan fingerprint density at radius 1 is 1.75 bits per heavy atom. The molecule has 0 amide bonds. The highest BCUT2D eigenvalue weighted by Gasteiger charge is 2.01. The minimum atomic E-state index is 0.417. The molecule has 0 aromatic heterocycles. The van der Waals surface area contributed by atoms with Crippen LogP contribution in [0.4, 0.5) is 0 Å². The minimum Gasteiger partial charge on any atom is -0.303 e. The fraction of sp³-hybridized carbons (Fsp3) is 0.500. The van der Waals surface area contributed by atoms with E-state index in [4.69, 9.17) is 0 Å². The highest BCUT2D eigenvalue weighted by Crippen LogP contribution is 2.01. The first-order chi connectivity index (χ1) is 3.80. The maximum Gasteiger partial charge on any atom is 0.0622 e. The molecule has 2 heteroatoms. The fourth-order valence-electron chi connectivity index (χ4n) is 0.556. The fourth-order valence-corrected chi connectivity index (χ4v) is 0.556. The van der Waals surface area contributed by atoms with Crippen molar-refractivity contribution in [3.8, 4) is 0 Å². The lowest BCUT2D eigenvalue weighted by atomic mass is 10.1. The number of nitrogens with zero attached hydrogens (tertiary/aromatic N) is 1. The predicted octanol–water partition coefficient (Wildman–Crippen LogP) is 0.910. The Morgan fingerprint density at radius 2 is 2.50 bits per heavy atom. The van der Waals surface area contributed by atoms with Crippen LogP contribution in [0.1, 0.15) is 13.8 Å². The molecule has 44 valence electrons. The van der Waals surface area contributed by atoms with Crippen LogP contribution < -0.4 is 5.43 Å². The Morgan fingerprint density at radius 3 is 2.88 bits per heavy atom. The van der Waals surface area contributed by atoms with E-state index in [0.717, 1.165) is 0 Å². The first kappa shape index (κ1) is 5.35. The average Bonchev–Trinajstić information content (AvgIpc) is 1.77. The van der Waals surface area contributed by atoms with E-state index >= 15 is 0 Å². The summed E-state index contributed by atoms with van der Waals surface area (Å²) < 4.78 is 0. The van der Waals surface area contributed by atoms with Gasteiger partial charge >= 0.3 is 0 Å². The third-order valence-electron chi connectivity index (χ3n) is 1.36. The van der Waals surface area contributed by atoms with Crippen LogP contribution >= 0.6 is 0 Å². The molecule has 1 aliphatic rings. The summed E-state index contributed by atoms with van der Waals surface area (Å²) in [6, 6.07) is 0.417. The van der Waals surface area contributed by atoms with Crippen LogP contribution in [0.3, 0.4) is 0 Å². The van der Waals surface area contributed by atoms with Gasteiger partial charge < -0.3 is 5.43 Å². The summed E-state index contributed by atoms with van der Waals surface area (Å²) in [4.78, 5) is 0. The number of hydrazone groups is 1. The quantitative estimate of drug-likeness (QED) is 0.492. The Hall–Kier alpha value is -0.790. The molecule has 1 aliphatic heterocycles. The summed E-state index contributed by atoms with van der Waals surface area (Å²) in [6.07, 6.45) is 3.79. The van der Waals surface area contributed by atoms with Crippen molar-refractivity contribution in [2.45, 2.75) is 19.9 Å². The van der Waals surface area contributed by atoms with Crippen LogP contribution in [0, 0.1) is 0 Å². The molecule has 0 fully saturated rings. The molecule has 1 rings (SSSR count). The molecule has 8 heavy (non-hydrogen) atoms. The van der Waals surface area contributed by atoms with Gasteiger partial charge in [-0.15, -0.1) is 0 Å². The summed E-state index contributed by atoms with van der Waals surface area (Å²) in [5.41, 5.74) is 4.27. The Bertz CT molecular complexity index is 135. The molecular formula is C6H10N2. The van der Waals surface area contributed by atoms with Crippen LogP contribution in [0.25, 0.3) is 0 Å². The number of nitrogens with one attached hydrogen (secondary N) is 1. The SMILES string of the molecule is CC1=CC=NNC1C. The Labute approximate surface area is 49.3 Å². The van der Waals surface area contributed by atoms with Crippen molar-refractivity contribution < 1.29 is 0 Å². The van der Waals surface area contributed by atoms with Crippen molar-refractivity contribution >= 4 is 6.21 Å². The zero-order chi connectivity index (χ0) is 5.98. The van der Waals surface area contributed by atoms with Gasteiger partial charge in [-0.2, -0.15) is 5.10 Å². The Kier molecular flexibility index (Phi) is 1.33. The third kappa shape index (κ3) is 0.886. The lowest BCUT2D eigenvalue weighted by Gasteiger charge is -2.13. The van der Waals surface area contributed by atoms with E-state index in [9.17, 15) is 0 Å². The maximum atomic E-state index is 3.86. The van der Waals surface area contributed by atoms with E-state index in [2.05, 4.69) is 24.4 Å². The summed E-state index contributed by atoms with van der Waals surface area (Å²) >= 11 is 0. The van der Waals surface area contributed by atoms with Gasteiger partial charge in [0.1, 0.15) is 0 Å². The van der Waals surface area contributed by atoms with Crippen LogP contribution in [0.2, 0.25) is 0 Å². The molecule has 0 aliphatic carbocycles. The molecule has 1 unspecified atom stereocenters. The van der Waals surface area contributed by atoms with Gasteiger partial charge in [-0.1, -0.05) is 0 Å². The first-order valence-electron chi connectivity index (χ1n) is 2.76. The highest BCUT2D eigenvalue weighted by atomic mass is 15.3. The maximum absolute atomic E-state index is 3.86. The van der Waals surface area contributed by atoms with Gasteiger partial charge in [0.2, 0.25) is 0 Å². The largest absolute Gasteiger partial charge is 0.303 e. The van der Waals surface area contributed by atoms with E-state index in [1.807, 2.05) is 6.08 Å². The lowest BCUT2D eigenvalue weighted by Crippen LogP contribution is -2.24. The van der Waals surface area contributed by atoms with Gasteiger partial charge in [0.15, 0.2) is 0 Å². The van der Waals surface area contributed by atoms with Crippen molar-refractivity contribution in [1.82, 2.24) is 5.43 Å². The average molecular weight is 110 g/mol. The van der Waals surface area contributed by atoms with Gasteiger partial charge in [-0.3, -0.25) is 0 Å². The number of hydrogen-bond acceptors (Lipinski definition) is 2. The zero-order valence-corrected chi connectivity index (χ0v) is 5.18. The van der Waals surface area contributed by atoms with Gasteiger partial charge in [0.25, 0.3) is 0 Å². The van der Waals surface area contributed by atoms with Crippen LogP contribution in [0.15, 0.2) is 16.8 Å². The molecule has 0 saturated heterocycles. The van der Waals surface area contributed by atoms with Crippen molar-refractivity contribution in [2.24, 2.45) is 5.10 Å². The van der Waals surface area contributed by atoms with Gasteiger partial charge in [-0.25, -0.2) is 0 Å². The number of allylic oxidation sites excluding steroid dienone is 1. The normalized spacial score (nSPS) is 26.8. The predicted molar refractivity (Wildman–Crippen MR) is 34.8 cm³/mol. The smallest absolute Gasteiger partial charge is 0.0622 e. The molecule has 1 atom stereocenters. The number of hydrogen-bond donors (Lipinski definition) is 1. The van der Waals surface area contributed by atoms with Crippen molar-refractivity contribution in [3.63, 3.8) is 0 Å². The summed E-state index contributed by atoms with van der Waals surface area (Å²) in [6.45, 7) is 4.17. The van der Waals surface area contributed by atoms with E-state index < -0.39 is 0 Å². The second-order valence-corrected chi connectivity index (χ2v) is 2.04. The molecular weight excluding hydrogens is 100 g/mol. The highest BCUT2D eigenvalue weighted by molar-refractivity contribution is 5.73. The van der Waals surface area contributed by atoms with Crippen molar-refractivity contribution in [3.05, 3.63) is 11.6 Å². The monoisotopic (exact) mass is 110 g/mol. The van der Waals surface area contributed by atoms with Crippen LogP contribution in [0.5, 0.6) is 0 Å². The number of rotatable bonds is 0. The molecule has 2 nitrogen and oxygen atoms in total. The molecule has 0 saturated carbocycles. The van der Waals surface area contributed by atoms with E-state index in [1.54, 1.807) is 6.21 Å². The summed E-state index contributed by atoms with van der Waals surface area (Å²) in [5.74, 6) is 0. The molecule has 0 spiro atoms. The van der Waals surface area contributed by atoms with Gasteiger partial charge in [0, 0.05) is 6.21 Å². The molecule has 1 heterocycles. The van der Waals surface area contributed by atoms with Crippen LogP contribution in [-0.4, -0.2) is 12.3 Å². The van der Waals surface area contributed by atoms with Crippen molar-refractivity contribution in [2.75, 3.05) is 0 Å². The topological polar surface area (TPSA) is 24.4 Å². The molecule has 0 aromatic rings. The van der Waals surface area contributed by atoms with E-state index in [1.165, 1.54) is 5.57 Å². The third-order valence-corrected chi connectivity index (χ3v) is 1.36. The molecule has 0 bridgehead atoms. The zero-order valence-electron chi connectivity index (χ0n) is 5.18. The van der Waals surface area contributed by atoms with Crippen molar-refractivity contribution in [1.29, 1.82) is 0 Å². The van der Waals surface area contributed by atoms with Gasteiger partial charge in [0.05, 0.1) is 6.04 Å². The molecule has 1 N–H and O–H groups in total.